The van der Waals surface area contributed by atoms with E-state index in [2.05, 4.69) is 40.1 Å². The highest BCUT2D eigenvalue weighted by molar-refractivity contribution is 9.10. The summed E-state index contributed by atoms with van der Waals surface area (Å²) in [6.45, 7) is 4.44. The predicted octanol–water partition coefficient (Wildman–Crippen LogP) is 3.05. The van der Waals surface area contributed by atoms with Crippen molar-refractivity contribution in [3.63, 3.8) is 0 Å². The Hall–Kier alpha value is -0.610. The lowest BCUT2D eigenvalue weighted by Crippen LogP contribution is -2.23. The maximum Gasteiger partial charge on any atom is 0.126 e. The first-order valence-corrected chi connectivity index (χ1v) is 6.44. The third kappa shape index (κ3) is 4.49. The summed E-state index contributed by atoms with van der Waals surface area (Å²) in [4.78, 5) is 4.28. The van der Waals surface area contributed by atoms with Gasteiger partial charge in [0.05, 0.1) is 0 Å². The van der Waals surface area contributed by atoms with E-state index in [4.69, 9.17) is 5.11 Å². The molecule has 16 heavy (non-hydrogen) atoms. The average Bonchev–Trinajstić information content (AvgIpc) is 2.30. The molecule has 4 heteroatoms. The molecular formula is C12H19BrN2O. The number of pyridine rings is 1. The van der Waals surface area contributed by atoms with Crippen molar-refractivity contribution in [2.24, 2.45) is 5.92 Å². The van der Waals surface area contributed by atoms with Gasteiger partial charge in [-0.3, -0.25) is 0 Å². The Morgan fingerprint density at radius 3 is 2.75 bits per heavy atom. The van der Waals surface area contributed by atoms with Crippen molar-refractivity contribution in [1.29, 1.82) is 0 Å². The Balaban J connectivity index is 2.52. The van der Waals surface area contributed by atoms with Crippen molar-refractivity contribution in [1.82, 2.24) is 4.98 Å². The molecule has 1 aromatic rings. The van der Waals surface area contributed by atoms with Gasteiger partial charge in [-0.1, -0.05) is 13.8 Å². The lowest BCUT2D eigenvalue weighted by atomic mass is 10.0. The summed E-state index contributed by atoms with van der Waals surface area (Å²) in [6, 6.07) is 4.30. The van der Waals surface area contributed by atoms with Crippen LogP contribution in [-0.4, -0.2) is 22.7 Å². The van der Waals surface area contributed by atoms with E-state index in [0.717, 1.165) is 23.1 Å². The fourth-order valence-corrected chi connectivity index (χ4v) is 1.79. The fourth-order valence-electron chi connectivity index (χ4n) is 1.56. The van der Waals surface area contributed by atoms with Crippen molar-refractivity contribution in [2.45, 2.75) is 32.7 Å². The highest BCUT2D eigenvalue weighted by Gasteiger charge is 2.11. The van der Waals surface area contributed by atoms with Crippen molar-refractivity contribution in [3.8, 4) is 0 Å². The third-order valence-electron chi connectivity index (χ3n) is 2.57. The van der Waals surface area contributed by atoms with Crippen LogP contribution in [0.1, 0.15) is 26.7 Å². The Bertz CT molecular complexity index is 302. The molecule has 0 saturated carbocycles. The van der Waals surface area contributed by atoms with Crippen LogP contribution in [0.25, 0.3) is 0 Å². The van der Waals surface area contributed by atoms with Crippen LogP contribution in [0.5, 0.6) is 0 Å². The predicted molar refractivity (Wildman–Crippen MR) is 70.5 cm³/mol. The molecule has 0 saturated heterocycles. The summed E-state index contributed by atoms with van der Waals surface area (Å²) < 4.78 is 0.981. The first kappa shape index (κ1) is 13.5. The monoisotopic (exact) mass is 286 g/mol. The first-order chi connectivity index (χ1) is 7.65. The summed E-state index contributed by atoms with van der Waals surface area (Å²) in [6.07, 6.45) is 3.78. The number of nitrogens with one attached hydrogen (secondary N) is 1. The van der Waals surface area contributed by atoms with Gasteiger partial charge < -0.3 is 10.4 Å². The van der Waals surface area contributed by atoms with Gasteiger partial charge >= 0.3 is 0 Å². The number of nitrogens with zero attached hydrogens (tertiary/aromatic N) is 1. The SMILES string of the molecule is CC[C@@H](C[C@H](C)CO)Nc1ccc(Br)cn1. The van der Waals surface area contributed by atoms with E-state index in [-0.39, 0.29) is 6.61 Å². The first-order valence-electron chi connectivity index (χ1n) is 5.64. The molecule has 0 aliphatic heterocycles. The lowest BCUT2D eigenvalue weighted by Gasteiger charge is -2.20. The third-order valence-corrected chi connectivity index (χ3v) is 3.04. The smallest absolute Gasteiger partial charge is 0.126 e. The van der Waals surface area contributed by atoms with Gasteiger partial charge in [0.15, 0.2) is 0 Å². The van der Waals surface area contributed by atoms with Gasteiger partial charge in [0, 0.05) is 23.3 Å². The summed E-state index contributed by atoms with van der Waals surface area (Å²) in [5, 5.41) is 12.4. The van der Waals surface area contributed by atoms with Gasteiger partial charge in [0.2, 0.25) is 0 Å². The molecule has 0 aliphatic carbocycles. The lowest BCUT2D eigenvalue weighted by molar-refractivity contribution is 0.224. The summed E-state index contributed by atoms with van der Waals surface area (Å²) in [5.41, 5.74) is 0. The second-order valence-electron chi connectivity index (χ2n) is 4.13. The summed E-state index contributed by atoms with van der Waals surface area (Å²) in [5.74, 6) is 1.22. The molecule has 0 fully saturated rings. The van der Waals surface area contributed by atoms with Gasteiger partial charge in [0.1, 0.15) is 5.82 Å². The molecule has 1 rings (SSSR count). The second kappa shape index (κ2) is 6.86. The number of hydrogen-bond donors (Lipinski definition) is 2. The molecule has 3 nitrogen and oxygen atoms in total. The molecule has 0 amide bonds. The van der Waals surface area contributed by atoms with E-state index >= 15 is 0 Å². The minimum absolute atomic E-state index is 0.242. The van der Waals surface area contributed by atoms with E-state index < -0.39 is 0 Å². The van der Waals surface area contributed by atoms with E-state index in [1.54, 1.807) is 6.20 Å². The number of halogens is 1. The number of rotatable bonds is 6. The van der Waals surface area contributed by atoms with Crippen molar-refractivity contribution >= 4 is 21.7 Å². The highest BCUT2D eigenvalue weighted by Crippen LogP contribution is 2.15. The van der Waals surface area contributed by atoms with Crippen LogP contribution in [-0.2, 0) is 0 Å². The fraction of sp³-hybridized carbons (Fsp3) is 0.583. The molecule has 0 unspecified atom stereocenters. The van der Waals surface area contributed by atoms with Crippen molar-refractivity contribution in [3.05, 3.63) is 22.8 Å². The largest absolute Gasteiger partial charge is 0.396 e. The Morgan fingerprint density at radius 2 is 2.25 bits per heavy atom. The minimum atomic E-state index is 0.242. The van der Waals surface area contributed by atoms with Crippen LogP contribution in [0.2, 0.25) is 0 Å². The van der Waals surface area contributed by atoms with E-state index in [1.165, 1.54) is 0 Å². The second-order valence-corrected chi connectivity index (χ2v) is 5.05. The molecule has 90 valence electrons. The molecule has 1 aromatic heterocycles. The molecule has 1 heterocycles. The standard InChI is InChI=1S/C12H19BrN2O/c1-3-11(6-9(2)8-16)15-12-5-4-10(13)7-14-12/h4-5,7,9,11,16H,3,6,8H2,1-2H3,(H,14,15)/t9-,11-/m0/s1. The molecule has 0 aromatic carbocycles. The number of aromatic nitrogens is 1. The number of hydrogen-bond acceptors (Lipinski definition) is 3. The van der Waals surface area contributed by atoms with Crippen molar-refractivity contribution < 1.29 is 5.11 Å². The van der Waals surface area contributed by atoms with E-state index in [0.29, 0.717) is 12.0 Å². The van der Waals surface area contributed by atoms with Gasteiger partial charge in [-0.05, 0) is 46.8 Å². The van der Waals surface area contributed by atoms with Gasteiger partial charge in [-0.15, -0.1) is 0 Å². The van der Waals surface area contributed by atoms with Gasteiger partial charge in [0.25, 0.3) is 0 Å². The van der Waals surface area contributed by atoms with Gasteiger partial charge in [-0.25, -0.2) is 4.98 Å². The number of aliphatic hydroxyl groups excluding tert-OH is 1. The quantitative estimate of drug-likeness (QED) is 0.845. The Kier molecular flexibility index (Phi) is 5.77. The molecule has 2 N–H and O–H groups in total. The van der Waals surface area contributed by atoms with Gasteiger partial charge in [-0.2, -0.15) is 0 Å². The Labute approximate surface area is 105 Å². The van der Waals surface area contributed by atoms with Crippen LogP contribution in [0.4, 0.5) is 5.82 Å². The average molecular weight is 287 g/mol. The molecule has 0 radical (unpaired) electrons. The molecule has 0 bridgehead atoms. The maximum atomic E-state index is 9.03. The van der Waals surface area contributed by atoms with E-state index in [1.807, 2.05) is 12.1 Å². The molecule has 0 aliphatic rings. The zero-order chi connectivity index (χ0) is 12.0. The van der Waals surface area contributed by atoms with E-state index in [9.17, 15) is 0 Å². The van der Waals surface area contributed by atoms with Crippen LogP contribution in [0, 0.1) is 5.92 Å². The molecule has 2 atom stereocenters. The topological polar surface area (TPSA) is 45.1 Å². The maximum absolute atomic E-state index is 9.03. The molecule has 0 spiro atoms. The van der Waals surface area contributed by atoms with Crippen LogP contribution < -0.4 is 5.32 Å². The summed E-state index contributed by atoms with van der Waals surface area (Å²) >= 11 is 3.36. The normalized spacial score (nSPS) is 14.5. The van der Waals surface area contributed by atoms with Crippen LogP contribution in [0.15, 0.2) is 22.8 Å². The highest BCUT2D eigenvalue weighted by atomic mass is 79.9. The zero-order valence-electron chi connectivity index (χ0n) is 9.78. The molecular weight excluding hydrogens is 268 g/mol. The van der Waals surface area contributed by atoms with Crippen LogP contribution >= 0.6 is 15.9 Å². The Morgan fingerprint density at radius 1 is 1.50 bits per heavy atom. The number of anilines is 1. The number of aliphatic hydroxyl groups is 1. The summed E-state index contributed by atoms with van der Waals surface area (Å²) in [7, 11) is 0. The van der Waals surface area contributed by atoms with Crippen LogP contribution in [0.3, 0.4) is 0 Å². The minimum Gasteiger partial charge on any atom is -0.396 e. The van der Waals surface area contributed by atoms with Crippen molar-refractivity contribution in [2.75, 3.05) is 11.9 Å². The zero-order valence-corrected chi connectivity index (χ0v) is 11.4.